The number of aryl methyl sites for hydroxylation is 1. The Labute approximate surface area is 121 Å². The Kier molecular flexibility index (Phi) is 4.86. The van der Waals surface area contributed by atoms with Gasteiger partial charge in [-0.15, -0.1) is 11.3 Å². The van der Waals surface area contributed by atoms with E-state index in [-0.39, 0.29) is 12.5 Å². The minimum Gasteiger partial charge on any atom is -0.395 e. The molecule has 1 amide bonds. The van der Waals surface area contributed by atoms with E-state index in [2.05, 4.69) is 10.1 Å². The first-order chi connectivity index (χ1) is 9.65. The second-order valence-corrected chi connectivity index (χ2v) is 5.31. The Morgan fingerprint density at radius 2 is 2.30 bits per heavy atom. The number of hydrogen-bond donors (Lipinski definition) is 1. The fourth-order valence-corrected chi connectivity index (χ4v) is 2.67. The molecule has 108 valence electrons. The van der Waals surface area contributed by atoms with E-state index in [0.29, 0.717) is 18.8 Å². The van der Waals surface area contributed by atoms with Crippen molar-refractivity contribution < 1.29 is 9.90 Å². The van der Waals surface area contributed by atoms with Crippen LogP contribution in [0.5, 0.6) is 0 Å². The summed E-state index contributed by atoms with van der Waals surface area (Å²) in [5.41, 5.74) is 1.33. The summed E-state index contributed by atoms with van der Waals surface area (Å²) in [5.74, 6) is -0.132. The number of carbonyl (C=O) groups excluding carboxylic acids is 1. The Bertz CT molecular complexity index is 572. The molecule has 1 N–H and O–H groups in total. The molecule has 20 heavy (non-hydrogen) atoms. The largest absolute Gasteiger partial charge is 0.395 e. The Hall–Kier alpha value is -1.73. The van der Waals surface area contributed by atoms with Gasteiger partial charge in [0.2, 0.25) is 0 Å². The summed E-state index contributed by atoms with van der Waals surface area (Å²) >= 11 is 1.42. The van der Waals surface area contributed by atoms with Gasteiger partial charge in [-0.05, 0) is 6.42 Å². The standard InChI is InChI=1S/C13H18N4O2S/c1-3-4-17(5-6-18)13(19)11-9-20-12(15-11)10-7-14-16(2)8-10/h7-9,18H,3-6H2,1-2H3. The average Bonchev–Trinajstić information content (AvgIpc) is 3.06. The normalized spacial score (nSPS) is 10.8. The molecule has 0 bridgehead atoms. The van der Waals surface area contributed by atoms with Crippen molar-refractivity contribution in [1.29, 1.82) is 0 Å². The predicted octanol–water partition coefficient (Wildman–Crippen LogP) is 1.39. The third-order valence-electron chi connectivity index (χ3n) is 2.83. The zero-order valence-electron chi connectivity index (χ0n) is 11.6. The average molecular weight is 294 g/mol. The highest BCUT2D eigenvalue weighted by atomic mass is 32.1. The zero-order valence-corrected chi connectivity index (χ0v) is 12.4. The van der Waals surface area contributed by atoms with Gasteiger partial charge in [-0.2, -0.15) is 5.10 Å². The Morgan fingerprint density at radius 3 is 2.90 bits per heavy atom. The molecule has 2 heterocycles. The Morgan fingerprint density at radius 1 is 1.50 bits per heavy atom. The number of aliphatic hydroxyl groups is 1. The second-order valence-electron chi connectivity index (χ2n) is 4.46. The molecule has 0 spiro atoms. The predicted molar refractivity (Wildman–Crippen MR) is 77.6 cm³/mol. The van der Waals surface area contributed by atoms with Crippen LogP contribution in [0.4, 0.5) is 0 Å². The van der Waals surface area contributed by atoms with Crippen molar-refractivity contribution in [3.8, 4) is 10.6 Å². The SMILES string of the molecule is CCCN(CCO)C(=O)c1csc(-c2cnn(C)c2)n1. The fourth-order valence-electron chi connectivity index (χ4n) is 1.90. The molecule has 2 aromatic heterocycles. The summed E-state index contributed by atoms with van der Waals surface area (Å²) in [6, 6.07) is 0. The molecule has 0 aliphatic rings. The molecule has 0 unspecified atom stereocenters. The van der Waals surface area contributed by atoms with E-state index < -0.39 is 0 Å². The lowest BCUT2D eigenvalue weighted by molar-refractivity contribution is 0.0717. The molecular formula is C13H18N4O2S. The van der Waals surface area contributed by atoms with Gasteiger partial charge < -0.3 is 10.0 Å². The maximum absolute atomic E-state index is 12.3. The molecule has 6 nitrogen and oxygen atoms in total. The van der Waals surface area contributed by atoms with Crippen LogP contribution in [-0.4, -0.2) is 50.4 Å². The van der Waals surface area contributed by atoms with Crippen LogP contribution in [0, 0.1) is 0 Å². The topological polar surface area (TPSA) is 71.2 Å². The highest BCUT2D eigenvalue weighted by molar-refractivity contribution is 7.13. The summed E-state index contributed by atoms with van der Waals surface area (Å²) in [4.78, 5) is 18.3. The maximum atomic E-state index is 12.3. The number of amides is 1. The zero-order chi connectivity index (χ0) is 14.5. The highest BCUT2D eigenvalue weighted by Crippen LogP contribution is 2.23. The number of nitrogens with zero attached hydrogens (tertiary/aromatic N) is 4. The van der Waals surface area contributed by atoms with Crippen LogP contribution < -0.4 is 0 Å². The molecule has 0 aliphatic heterocycles. The summed E-state index contributed by atoms with van der Waals surface area (Å²) < 4.78 is 1.70. The van der Waals surface area contributed by atoms with E-state index >= 15 is 0 Å². The van der Waals surface area contributed by atoms with Crippen molar-refractivity contribution in [3.63, 3.8) is 0 Å². The lowest BCUT2D eigenvalue weighted by Gasteiger charge is -2.19. The quantitative estimate of drug-likeness (QED) is 0.874. The van der Waals surface area contributed by atoms with E-state index in [9.17, 15) is 4.79 Å². The Balaban J connectivity index is 2.16. The third-order valence-corrected chi connectivity index (χ3v) is 3.72. The van der Waals surface area contributed by atoms with Crippen molar-refractivity contribution in [2.24, 2.45) is 7.05 Å². The van der Waals surface area contributed by atoms with Gasteiger partial charge in [-0.1, -0.05) is 6.92 Å². The van der Waals surface area contributed by atoms with E-state index in [0.717, 1.165) is 17.0 Å². The summed E-state index contributed by atoms with van der Waals surface area (Å²) in [7, 11) is 1.84. The summed E-state index contributed by atoms with van der Waals surface area (Å²) in [6.07, 6.45) is 4.45. The minimum atomic E-state index is -0.132. The molecule has 0 saturated carbocycles. The van der Waals surface area contributed by atoms with Gasteiger partial charge >= 0.3 is 0 Å². The monoisotopic (exact) mass is 294 g/mol. The molecule has 0 aromatic carbocycles. The number of thiazole rings is 1. The number of carbonyl (C=O) groups is 1. The van der Waals surface area contributed by atoms with Crippen LogP contribution in [0.1, 0.15) is 23.8 Å². The van der Waals surface area contributed by atoms with Crippen LogP contribution in [0.15, 0.2) is 17.8 Å². The molecule has 2 aromatic rings. The second kappa shape index (κ2) is 6.62. The number of aliphatic hydroxyl groups excluding tert-OH is 1. The van der Waals surface area contributed by atoms with Crippen molar-refractivity contribution in [2.45, 2.75) is 13.3 Å². The van der Waals surface area contributed by atoms with Crippen molar-refractivity contribution in [3.05, 3.63) is 23.5 Å². The molecule has 7 heteroatoms. The molecular weight excluding hydrogens is 276 g/mol. The van der Waals surface area contributed by atoms with Gasteiger partial charge in [-0.3, -0.25) is 9.48 Å². The first-order valence-electron chi connectivity index (χ1n) is 6.50. The highest BCUT2D eigenvalue weighted by Gasteiger charge is 2.18. The van der Waals surface area contributed by atoms with Gasteiger partial charge in [0.1, 0.15) is 10.7 Å². The van der Waals surface area contributed by atoms with Gasteiger partial charge in [-0.25, -0.2) is 4.98 Å². The first-order valence-corrected chi connectivity index (χ1v) is 7.38. The summed E-state index contributed by atoms with van der Waals surface area (Å²) in [5, 5.41) is 15.7. The fraction of sp³-hybridized carbons (Fsp3) is 0.462. The lowest BCUT2D eigenvalue weighted by atomic mass is 10.3. The molecule has 0 fully saturated rings. The van der Waals surface area contributed by atoms with Gasteiger partial charge in [0, 0.05) is 37.3 Å². The first kappa shape index (κ1) is 14.7. The van der Waals surface area contributed by atoms with E-state index in [4.69, 9.17) is 5.11 Å². The van der Waals surface area contributed by atoms with Crippen molar-refractivity contribution >= 4 is 17.2 Å². The molecule has 0 saturated heterocycles. The van der Waals surface area contributed by atoms with Crippen LogP contribution in [0.25, 0.3) is 10.6 Å². The molecule has 2 rings (SSSR count). The lowest BCUT2D eigenvalue weighted by Crippen LogP contribution is -2.34. The smallest absolute Gasteiger partial charge is 0.273 e. The molecule has 0 radical (unpaired) electrons. The van der Waals surface area contributed by atoms with Crippen molar-refractivity contribution in [1.82, 2.24) is 19.7 Å². The minimum absolute atomic E-state index is 0.0364. The van der Waals surface area contributed by atoms with E-state index in [1.165, 1.54) is 11.3 Å². The van der Waals surface area contributed by atoms with Crippen LogP contribution in [0.2, 0.25) is 0 Å². The van der Waals surface area contributed by atoms with Gasteiger partial charge in [0.15, 0.2) is 0 Å². The number of aromatic nitrogens is 3. The number of rotatable bonds is 6. The summed E-state index contributed by atoms with van der Waals surface area (Å²) in [6.45, 7) is 2.93. The van der Waals surface area contributed by atoms with Gasteiger partial charge in [0.05, 0.1) is 12.8 Å². The molecule has 0 atom stereocenters. The van der Waals surface area contributed by atoms with Crippen molar-refractivity contribution in [2.75, 3.05) is 19.7 Å². The maximum Gasteiger partial charge on any atom is 0.273 e. The van der Waals surface area contributed by atoms with Crippen LogP contribution in [-0.2, 0) is 7.05 Å². The molecule has 0 aliphatic carbocycles. The van der Waals surface area contributed by atoms with E-state index in [1.54, 1.807) is 21.2 Å². The van der Waals surface area contributed by atoms with Gasteiger partial charge in [0.25, 0.3) is 5.91 Å². The third kappa shape index (κ3) is 3.23. The van der Waals surface area contributed by atoms with Crippen LogP contribution in [0.3, 0.4) is 0 Å². The van der Waals surface area contributed by atoms with E-state index in [1.807, 2.05) is 20.2 Å². The number of hydrogen-bond acceptors (Lipinski definition) is 5. The van der Waals surface area contributed by atoms with Crippen LogP contribution >= 0.6 is 11.3 Å².